The van der Waals surface area contributed by atoms with E-state index >= 15 is 0 Å². The van der Waals surface area contributed by atoms with E-state index in [9.17, 15) is 57.8 Å². The SMILES string of the molecule is C.Nc1ccc(C(=O)O)cc1.O=C1OC(=O)c2ccc3c4ccc5c6c(ccc(c7ccc1c2c73)c64)C(=O)OC5=O.O=COc1ccc(N2C(=O)c3ccc4c5ccc6c7c(ccc(c8ccc(c3c48)C2=O)c75)C(=O)N(c2ccc(C(=O)O)cc2)C6=O)cc1. The maximum atomic E-state index is 13.9. The Morgan fingerprint density at radius 2 is 0.596 bits per heavy atom. The van der Waals surface area contributed by atoms with Gasteiger partial charge in [-0.15, -0.1) is 0 Å². The first kappa shape index (κ1) is 54.2. The summed E-state index contributed by atoms with van der Waals surface area (Å²) in [6.07, 6.45) is 0. The van der Waals surface area contributed by atoms with Gasteiger partial charge in [0.1, 0.15) is 5.75 Å². The number of benzene rings is 13. The van der Waals surface area contributed by atoms with Crippen molar-refractivity contribution in [2.24, 2.45) is 0 Å². The summed E-state index contributed by atoms with van der Waals surface area (Å²) in [7, 11) is 0. The number of hydrogen-bond donors (Lipinski definition) is 3. The molecule has 4 aliphatic rings. The largest absolute Gasteiger partial charge is 0.478 e. The molecule has 0 atom stereocenters. The summed E-state index contributed by atoms with van der Waals surface area (Å²) < 4.78 is 14.6. The van der Waals surface area contributed by atoms with E-state index in [0.29, 0.717) is 83.9 Å². The second-order valence-electron chi connectivity index (χ2n) is 21.0. The van der Waals surface area contributed by atoms with Gasteiger partial charge >= 0.3 is 35.8 Å². The fraction of sp³-hybridized carbons (Fsp3) is 0.0143. The predicted octanol–water partition coefficient (Wildman–Crippen LogP) is 12.5. The monoisotopic (exact) mass is 1180 g/mol. The molecule has 0 radical (unpaired) electrons. The molecule has 13 aromatic carbocycles. The molecule has 0 aromatic heterocycles. The van der Waals surface area contributed by atoms with Crippen LogP contribution in [0.1, 0.15) is 111 Å². The van der Waals surface area contributed by atoms with Gasteiger partial charge in [-0.25, -0.2) is 38.6 Å². The molecular formula is C70H37N3O16. The van der Waals surface area contributed by atoms with Crippen LogP contribution < -0.4 is 20.3 Å². The molecule has 0 aliphatic carbocycles. The molecule has 4 aliphatic heterocycles. The summed E-state index contributed by atoms with van der Waals surface area (Å²) >= 11 is 0. The van der Waals surface area contributed by atoms with E-state index in [1.165, 1.54) is 60.7 Å². The predicted molar refractivity (Wildman–Crippen MR) is 328 cm³/mol. The van der Waals surface area contributed by atoms with E-state index in [1.807, 2.05) is 48.5 Å². The molecule has 19 nitrogen and oxygen atoms in total. The van der Waals surface area contributed by atoms with Gasteiger partial charge in [0.15, 0.2) is 0 Å². The van der Waals surface area contributed by atoms with E-state index in [2.05, 4.69) is 0 Å². The van der Waals surface area contributed by atoms with Crippen molar-refractivity contribution in [3.63, 3.8) is 0 Å². The number of fused-ring (bicyclic) bond motifs is 4. The number of imide groups is 2. The summed E-state index contributed by atoms with van der Waals surface area (Å²) in [5.41, 5.74) is 9.51. The van der Waals surface area contributed by atoms with E-state index in [1.54, 1.807) is 60.7 Å². The van der Waals surface area contributed by atoms with Gasteiger partial charge in [-0.05, 0) is 186 Å². The van der Waals surface area contributed by atoms with Crippen LogP contribution in [0.25, 0.3) is 86.2 Å². The van der Waals surface area contributed by atoms with Gasteiger partial charge < -0.3 is 30.2 Å². The van der Waals surface area contributed by atoms with Crippen molar-refractivity contribution in [2.75, 3.05) is 15.5 Å². The van der Waals surface area contributed by atoms with Crippen molar-refractivity contribution in [2.45, 2.75) is 7.43 Å². The number of aromatic carboxylic acids is 2. The highest BCUT2D eigenvalue weighted by atomic mass is 16.6. The lowest BCUT2D eigenvalue weighted by molar-refractivity contribution is -0.120. The molecule has 0 saturated heterocycles. The number of carboxylic acids is 2. The maximum Gasteiger partial charge on any atom is 0.346 e. The van der Waals surface area contributed by atoms with Crippen LogP contribution in [-0.2, 0) is 14.3 Å². The van der Waals surface area contributed by atoms with Crippen molar-refractivity contribution in [1.82, 2.24) is 0 Å². The molecule has 0 saturated carbocycles. The molecule has 0 bridgehead atoms. The number of ether oxygens (including phenoxy) is 3. The third-order valence-corrected chi connectivity index (χ3v) is 16.6. The molecule has 0 unspecified atom stereocenters. The number of cyclic esters (lactones) is 4. The first-order valence-corrected chi connectivity index (χ1v) is 26.9. The third kappa shape index (κ3) is 7.75. The standard InChI is InChI=1S/C38H18N2O8.C24H8O6.C7H7NO2.CH4/c41-17-48-21-7-5-20(6-8-21)40-36(44)28-15-11-24-22-9-13-26-32-27(35(43)39(34(26)42)19-3-1-18(2-4-19)38(46)47)14-10-23(30(22)32)25-12-16-29(37(40)45)33(28)31(24)25;25-21-13-5-1-9-10-2-6-15-20-16(24(28)30-23(15)27)8-4-12(18(10)20)11-3-7-14(22(26)29-21)19(13)17(9)11;8-6-3-1-5(2-4-6)7(9)10;/h1-17H,(H,46,47);1-8H;1-4H,8H2,(H,9,10);1H4. The highest BCUT2D eigenvalue weighted by Gasteiger charge is 2.39. The number of hydrogen-bond acceptors (Lipinski definition) is 15. The number of carbonyl (C=O) groups is 11. The number of carboxylic acid groups (broad SMARTS) is 2. The molecule has 17 rings (SSSR count). The van der Waals surface area contributed by atoms with Crippen LogP contribution >= 0.6 is 0 Å². The number of esters is 4. The summed E-state index contributed by atoms with van der Waals surface area (Å²) in [6.45, 7) is 0.295. The molecule has 13 aromatic rings. The Morgan fingerprint density at radius 1 is 0.348 bits per heavy atom. The van der Waals surface area contributed by atoms with E-state index in [0.717, 1.165) is 74.4 Å². The summed E-state index contributed by atoms with van der Waals surface area (Å²) in [4.78, 5) is 139. The second-order valence-corrected chi connectivity index (χ2v) is 21.0. The van der Waals surface area contributed by atoms with Gasteiger partial charge in [0.05, 0.1) is 44.8 Å². The van der Waals surface area contributed by atoms with Gasteiger partial charge in [0.2, 0.25) is 0 Å². The average molecular weight is 1180 g/mol. The molecule has 428 valence electrons. The number of anilines is 3. The highest BCUT2D eigenvalue weighted by molar-refractivity contribution is 6.46. The molecule has 0 spiro atoms. The lowest BCUT2D eigenvalue weighted by atomic mass is 9.82. The molecule has 89 heavy (non-hydrogen) atoms. The molecule has 19 heteroatoms. The van der Waals surface area contributed by atoms with Gasteiger partial charge in [-0.3, -0.25) is 24.0 Å². The van der Waals surface area contributed by atoms with Gasteiger partial charge in [0.25, 0.3) is 30.1 Å². The van der Waals surface area contributed by atoms with E-state index < -0.39 is 59.4 Å². The fourth-order valence-electron chi connectivity index (χ4n) is 12.8. The Kier molecular flexibility index (Phi) is 12.0. The van der Waals surface area contributed by atoms with Crippen LogP contribution in [0.5, 0.6) is 5.75 Å². The normalized spacial score (nSPS) is 13.9. The van der Waals surface area contributed by atoms with Crippen molar-refractivity contribution in [1.29, 1.82) is 0 Å². The molecule has 4 N–H and O–H groups in total. The first-order valence-electron chi connectivity index (χ1n) is 26.9. The number of rotatable bonds is 6. The minimum absolute atomic E-state index is 0. The number of carbonyl (C=O) groups excluding carboxylic acids is 9. The van der Waals surface area contributed by atoms with Crippen LogP contribution in [0.3, 0.4) is 0 Å². The maximum absolute atomic E-state index is 13.9. The van der Waals surface area contributed by atoms with Crippen molar-refractivity contribution in [3.05, 3.63) is 225 Å². The van der Waals surface area contributed by atoms with Gasteiger partial charge in [0, 0.05) is 49.5 Å². The minimum Gasteiger partial charge on any atom is -0.478 e. The van der Waals surface area contributed by atoms with Crippen LogP contribution in [-0.4, -0.2) is 76.1 Å². The second kappa shape index (κ2) is 19.7. The van der Waals surface area contributed by atoms with Crippen molar-refractivity contribution >= 4 is 169 Å². The Bertz CT molecular complexity index is 5140. The zero-order valence-corrected chi connectivity index (χ0v) is 44.8. The quantitative estimate of drug-likeness (QED) is 0.0265. The topological polar surface area (TPSA) is 288 Å². The molecular weight excluding hydrogens is 1140 g/mol. The number of nitrogen functional groups attached to an aromatic ring is 1. The third-order valence-electron chi connectivity index (χ3n) is 16.6. The smallest absolute Gasteiger partial charge is 0.346 e. The van der Waals surface area contributed by atoms with Crippen LogP contribution in [0.4, 0.5) is 17.1 Å². The highest BCUT2D eigenvalue weighted by Crippen LogP contribution is 2.49. The lowest BCUT2D eigenvalue weighted by Gasteiger charge is -2.30. The van der Waals surface area contributed by atoms with E-state index in [4.69, 9.17) is 25.1 Å². The summed E-state index contributed by atoms with van der Waals surface area (Å²) in [6, 6.07) is 45.6. The zero-order valence-electron chi connectivity index (χ0n) is 44.8. The van der Waals surface area contributed by atoms with Crippen molar-refractivity contribution in [3.8, 4) is 5.75 Å². The molecule has 0 fully saturated rings. The lowest BCUT2D eigenvalue weighted by Crippen LogP contribution is -2.40. The molecule has 4 heterocycles. The fourth-order valence-corrected chi connectivity index (χ4v) is 12.8. The minimum atomic E-state index is -1.12. The van der Waals surface area contributed by atoms with Crippen LogP contribution in [0.2, 0.25) is 0 Å². The number of nitrogens with zero attached hydrogens (tertiary/aromatic N) is 2. The van der Waals surface area contributed by atoms with Gasteiger partial charge in [-0.2, -0.15) is 0 Å². The average Bonchev–Trinajstić information content (AvgIpc) is 0.703. The van der Waals surface area contributed by atoms with E-state index in [-0.39, 0.29) is 30.0 Å². The Hall–Kier alpha value is -12.8. The van der Waals surface area contributed by atoms with Crippen LogP contribution in [0.15, 0.2) is 170 Å². The Morgan fingerprint density at radius 3 is 0.865 bits per heavy atom. The summed E-state index contributed by atoms with van der Waals surface area (Å²) in [5.74, 6) is -6.50. The first-order chi connectivity index (χ1) is 42.5. The zero-order chi connectivity index (χ0) is 60.9. The van der Waals surface area contributed by atoms with Crippen molar-refractivity contribution < 1.29 is 77.2 Å². The molecule has 4 amide bonds. The van der Waals surface area contributed by atoms with Gasteiger partial charge in [-0.1, -0.05) is 56.0 Å². The Labute approximate surface area is 498 Å². The number of amides is 4. The number of nitrogens with two attached hydrogens (primary N) is 1. The van der Waals surface area contributed by atoms with Crippen LogP contribution in [0, 0.1) is 0 Å². The Balaban J connectivity index is 0.000000143. The summed E-state index contributed by atoms with van der Waals surface area (Å²) in [5, 5.41) is 29.3.